The van der Waals surface area contributed by atoms with Crippen LogP contribution in [-0.4, -0.2) is 57.0 Å². The Labute approximate surface area is 79.9 Å². The molecule has 0 unspecified atom stereocenters. The van der Waals surface area contributed by atoms with Gasteiger partial charge in [-0.25, -0.2) is 0 Å². The molecule has 0 heterocycles. The second kappa shape index (κ2) is 5.17. The molecule has 0 fully saturated rings. The standard InChI is InChI=1S/C5H16O6Si2/c1-7-12(6,8-2)13(9-3,10-4)11-5/h6H,1-5H3. The van der Waals surface area contributed by atoms with E-state index in [1.165, 1.54) is 35.5 Å². The SMILES string of the molecule is CO[Si](O)(OC)[Si](OC)(OC)OC. The fraction of sp³-hybridized carbons (Fsp3) is 1.00. The third kappa shape index (κ3) is 2.16. The van der Waals surface area contributed by atoms with Crippen LogP contribution in [0.4, 0.5) is 0 Å². The van der Waals surface area contributed by atoms with Crippen molar-refractivity contribution in [2.75, 3.05) is 35.5 Å². The van der Waals surface area contributed by atoms with Crippen LogP contribution in [0.1, 0.15) is 0 Å². The van der Waals surface area contributed by atoms with Crippen LogP contribution < -0.4 is 0 Å². The van der Waals surface area contributed by atoms with E-state index in [-0.39, 0.29) is 0 Å². The van der Waals surface area contributed by atoms with Gasteiger partial charge in [0.15, 0.2) is 0 Å². The molecule has 8 heteroatoms. The van der Waals surface area contributed by atoms with Crippen LogP contribution in [-0.2, 0) is 22.1 Å². The van der Waals surface area contributed by atoms with Gasteiger partial charge in [-0.05, 0) is 0 Å². The highest BCUT2D eigenvalue weighted by Gasteiger charge is 2.68. The lowest BCUT2D eigenvalue weighted by Crippen LogP contribution is -2.70. The van der Waals surface area contributed by atoms with Gasteiger partial charge in [0.1, 0.15) is 0 Å². The predicted molar refractivity (Wildman–Crippen MR) is 48.8 cm³/mol. The highest BCUT2D eigenvalue weighted by molar-refractivity contribution is 7.25. The van der Waals surface area contributed by atoms with E-state index in [1.807, 2.05) is 0 Å². The van der Waals surface area contributed by atoms with Crippen molar-refractivity contribution >= 4 is 16.6 Å². The van der Waals surface area contributed by atoms with Crippen molar-refractivity contribution in [3.8, 4) is 0 Å². The maximum atomic E-state index is 9.92. The Hall–Kier alpha value is 0.194. The summed E-state index contributed by atoms with van der Waals surface area (Å²) < 4.78 is 24.9. The molecule has 0 rings (SSSR count). The summed E-state index contributed by atoms with van der Waals surface area (Å²) in [6.07, 6.45) is 0. The minimum Gasteiger partial charge on any atom is -0.387 e. The zero-order valence-electron chi connectivity index (χ0n) is 8.49. The van der Waals surface area contributed by atoms with Gasteiger partial charge >= 0.3 is 16.6 Å². The van der Waals surface area contributed by atoms with E-state index >= 15 is 0 Å². The molecule has 0 bridgehead atoms. The van der Waals surface area contributed by atoms with E-state index in [0.29, 0.717) is 0 Å². The molecule has 0 atom stereocenters. The summed E-state index contributed by atoms with van der Waals surface area (Å²) in [7, 11) is 0.0824. The Morgan fingerprint density at radius 1 is 0.692 bits per heavy atom. The molecule has 0 aliphatic rings. The molecular weight excluding hydrogens is 212 g/mol. The second-order valence-electron chi connectivity index (χ2n) is 2.16. The Kier molecular flexibility index (Phi) is 5.25. The summed E-state index contributed by atoms with van der Waals surface area (Å²) >= 11 is 0. The first-order chi connectivity index (χ1) is 6.05. The molecule has 0 saturated carbocycles. The lowest BCUT2D eigenvalue weighted by Gasteiger charge is -2.32. The third-order valence-corrected chi connectivity index (χ3v) is 10.6. The molecule has 80 valence electrons. The number of hydrogen-bond donors (Lipinski definition) is 1. The zero-order valence-corrected chi connectivity index (χ0v) is 10.5. The van der Waals surface area contributed by atoms with Gasteiger partial charge in [-0.3, -0.25) is 0 Å². The van der Waals surface area contributed by atoms with E-state index in [1.54, 1.807) is 0 Å². The van der Waals surface area contributed by atoms with Crippen molar-refractivity contribution in [3.63, 3.8) is 0 Å². The fourth-order valence-electron chi connectivity index (χ4n) is 0.970. The topological polar surface area (TPSA) is 66.4 Å². The molecule has 0 aliphatic heterocycles. The van der Waals surface area contributed by atoms with Crippen molar-refractivity contribution in [2.24, 2.45) is 0 Å². The summed E-state index contributed by atoms with van der Waals surface area (Å²) in [5.74, 6) is 0. The van der Waals surface area contributed by atoms with Crippen molar-refractivity contribution in [1.29, 1.82) is 0 Å². The smallest absolute Gasteiger partial charge is 0.387 e. The van der Waals surface area contributed by atoms with E-state index in [2.05, 4.69) is 0 Å². The van der Waals surface area contributed by atoms with Crippen molar-refractivity contribution < 1.29 is 26.9 Å². The lowest BCUT2D eigenvalue weighted by atomic mass is 11.8. The van der Waals surface area contributed by atoms with Crippen LogP contribution in [0.3, 0.4) is 0 Å². The van der Waals surface area contributed by atoms with Gasteiger partial charge < -0.3 is 26.9 Å². The molecule has 6 nitrogen and oxygen atoms in total. The van der Waals surface area contributed by atoms with Crippen LogP contribution >= 0.6 is 0 Å². The van der Waals surface area contributed by atoms with Crippen LogP contribution in [0.25, 0.3) is 0 Å². The fourth-order valence-corrected chi connectivity index (χ4v) is 6.73. The normalized spacial score (nSPS) is 13.4. The minimum atomic E-state index is -3.50. The van der Waals surface area contributed by atoms with Gasteiger partial charge in [0.05, 0.1) is 0 Å². The van der Waals surface area contributed by atoms with E-state index in [9.17, 15) is 4.80 Å². The van der Waals surface area contributed by atoms with Crippen LogP contribution in [0.5, 0.6) is 0 Å². The molecule has 0 aromatic heterocycles. The molecule has 13 heavy (non-hydrogen) atoms. The lowest BCUT2D eigenvalue weighted by molar-refractivity contribution is 0.0841. The summed E-state index contributed by atoms with van der Waals surface area (Å²) in [5, 5.41) is 0. The first-order valence-electron chi connectivity index (χ1n) is 3.54. The Balaban J connectivity index is 4.87. The quantitative estimate of drug-likeness (QED) is 0.598. The second-order valence-corrected chi connectivity index (χ2v) is 10.2. The van der Waals surface area contributed by atoms with E-state index in [0.717, 1.165) is 0 Å². The average Bonchev–Trinajstić information content (AvgIpc) is 2.20. The summed E-state index contributed by atoms with van der Waals surface area (Å²) in [5.41, 5.74) is 0. The molecule has 1 N–H and O–H groups in total. The van der Waals surface area contributed by atoms with Crippen molar-refractivity contribution in [3.05, 3.63) is 0 Å². The van der Waals surface area contributed by atoms with Gasteiger partial charge in [-0.1, -0.05) is 0 Å². The number of hydrogen-bond acceptors (Lipinski definition) is 6. The van der Waals surface area contributed by atoms with Crippen molar-refractivity contribution in [1.82, 2.24) is 0 Å². The largest absolute Gasteiger partial charge is 0.576 e. The highest BCUT2D eigenvalue weighted by atomic mass is 29.3. The molecule has 0 aromatic carbocycles. The summed E-state index contributed by atoms with van der Waals surface area (Å²) in [6.45, 7) is 0. The van der Waals surface area contributed by atoms with Gasteiger partial charge in [0.25, 0.3) is 0 Å². The van der Waals surface area contributed by atoms with Crippen LogP contribution in [0.15, 0.2) is 0 Å². The Morgan fingerprint density at radius 3 is 1.08 bits per heavy atom. The predicted octanol–water partition coefficient (Wildman–Crippen LogP) is -0.833. The minimum absolute atomic E-state index is 1.33. The summed E-state index contributed by atoms with van der Waals surface area (Å²) in [6, 6.07) is 0. The van der Waals surface area contributed by atoms with Crippen molar-refractivity contribution in [2.45, 2.75) is 0 Å². The summed E-state index contributed by atoms with van der Waals surface area (Å²) in [4.78, 5) is 9.92. The first kappa shape index (κ1) is 13.2. The molecule has 0 aliphatic carbocycles. The van der Waals surface area contributed by atoms with Gasteiger partial charge in [-0.15, -0.1) is 0 Å². The highest BCUT2D eigenvalue weighted by Crippen LogP contribution is 2.19. The van der Waals surface area contributed by atoms with Crippen LogP contribution in [0, 0.1) is 0 Å². The molecule has 0 aromatic rings. The maximum absolute atomic E-state index is 9.92. The van der Waals surface area contributed by atoms with E-state index < -0.39 is 16.6 Å². The Bertz CT molecular complexity index is 138. The molecule has 0 radical (unpaired) electrons. The van der Waals surface area contributed by atoms with Gasteiger partial charge in [-0.2, -0.15) is 0 Å². The maximum Gasteiger partial charge on any atom is 0.576 e. The average molecular weight is 228 g/mol. The molecular formula is C5H16O6Si2. The van der Waals surface area contributed by atoms with Crippen LogP contribution in [0.2, 0.25) is 0 Å². The van der Waals surface area contributed by atoms with Gasteiger partial charge in [0, 0.05) is 35.5 Å². The van der Waals surface area contributed by atoms with E-state index in [4.69, 9.17) is 22.1 Å². The number of rotatable bonds is 6. The zero-order chi connectivity index (χ0) is 10.5. The monoisotopic (exact) mass is 228 g/mol. The molecule has 0 amide bonds. The first-order valence-corrected chi connectivity index (χ1v) is 8.02. The third-order valence-electron chi connectivity index (χ3n) is 1.75. The van der Waals surface area contributed by atoms with Gasteiger partial charge in [0.2, 0.25) is 0 Å². The molecule has 0 spiro atoms. The Morgan fingerprint density at radius 2 is 1.00 bits per heavy atom. The molecule has 0 saturated heterocycles.